The lowest BCUT2D eigenvalue weighted by atomic mass is 9.92. The highest BCUT2D eigenvalue weighted by molar-refractivity contribution is 6.10. The maximum absolute atomic E-state index is 9.50. The Morgan fingerprint density at radius 1 is 0.583 bits per heavy atom. The normalized spacial score (nSPS) is 14.8. The van der Waals surface area contributed by atoms with Crippen LogP contribution in [0.15, 0.2) is 127 Å². The average Bonchev–Trinajstić information content (AvgIpc) is 3.36. The molecule has 36 heavy (non-hydrogen) atoms. The summed E-state index contributed by atoms with van der Waals surface area (Å²) in [5.74, 6) is 0.623. The molecular formula is C34H21NO. The lowest BCUT2D eigenvalue weighted by Gasteiger charge is -2.22. The van der Waals surface area contributed by atoms with Crippen LogP contribution in [0, 0.1) is 0 Å². The number of benzene rings is 6. The van der Waals surface area contributed by atoms with Crippen LogP contribution in [-0.2, 0) is 0 Å². The minimum Gasteiger partial charge on any atom is -0.456 e. The molecule has 0 fully saturated rings. The number of hydrogen-bond acceptors (Lipinski definition) is 1. The first-order valence-electron chi connectivity index (χ1n) is 15.2. The summed E-state index contributed by atoms with van der Waals surface area (Å²) in [7, 11) is 0. The second-order valence-corrected chi connectivity index (χ2v) is 8.81. The Bertz CT molecular complexity index is 2300. The Labute approximate surface area is 218 Å². The van der Waals surface area contributed by atoms with E-state index in [4.69, 9.17) is 13.0 Å². The van der Waals surface area contributed by atoms with Gasteiger partial charge in [0.1, 0.15) is 11.5 Å². The fourth-order valence-corrected chi connectivity index (χ4v) is 5.31. The number of hydrogen-bond donors (Lipinski definition) is 0. The second kappa shape index (κ2) is 7.34. The molecule has 8 rings (SSSR count). The maximum atomic E-state index is 9.50. The van der Waals surface area contributed by atoms with Gasteiger partial charge in [-0.05, 0) is 52.8 Å². The van der Waals surface area contributed by atoms with Crippen molar-refractivity contribution in [2.24, 2.45) is 0 Å². The Hall–Kier alpha value is -4.82. The van der Waals surface area contributed by atoms with Gasteiger partial charge in [0.15, 0.2) is 0 Å². The van der Waals surface area contributed by atoms with E-state index >= 15 is 0 Å². The Balaban J connectivity index is 1.56. The summed E-state index contributed by atoms with van der Waals surface area (Å²) in [6.07, 6.45) is 0. The SMILES string of the molecule is [2H]c1c([2H])c([2H])c(-n2c3ccccc3c3ccccc32)c(-c2c([2H])c([2H])c3c(c2[2H])-c2cccc4cccc(c24)O3)c1[2H]. The van der Waals surface area contributed by atoms with Crippen LogP contribution in [0.1, 0.15) is 9.60 Å². The maximum Gasteiger partial charge on any atom is 0.135 e. The molecule has 6 aromatic carbocycles. The number of ether oxygens (including phenoxy) is 1. The van der Waals surface area contributed by atoms with Gasteiger partial charge in [-0.2, -0.15) is 0 Å². The van der Waals surface area contributed by atoms with E-state index in [-0.39, 0.29) is 52.8 Å². The van der Waals surface area contributed by atoms with Gasteiger partial charge in [-0.1, -0.05) is 90.9 Å². The molecule has 0 aliphatic carbocycles. The minimum absolute atomic E-state index is 0.00478. The van der Waals surface area contributed by atoms with E-state index in [2.05, 4.69) is 0 Å². The first kappa shape index (κ1) is 13.9. The highest BCUT2D eigenvalue weighted by atomic mass is 16.5. The van der Waals surface area contributed by atoms with Gasteiger partial charge in [0.25, 0.3) is 0 Å². The molecule has 0 bridgehead atoms. The molecule has 2 nitrogen and oxygen atoms in total. The van der Waals surface area contributed by atoms with Crippen LogP contribution in [0.4, 0.5) is 0 Å². The first-order chi connectivity index (χ1) is 20.8. The molecule has 0 saturated heterocycles. The summed E-state index contributed by atoms with van der Waals surface area (Å²) < 4.78 is 71.0. The van der Waals surface area contributed by atoms with Crippen molar-refractivity contribution in [3.05, 3.63) is 127 Å². The van der Waals surface area contributed by atoms with E-state index in [1.165, 1.54) is 0 Å². The van der Waals surface area contributed by atoms with E-state index < -0.39 is 12.1 Å². The topological polar surface area (TPSA) is 14.2 Å². The van der Waals surface area contributed by atoms with Gasteiger partial charge in [0.05, 0.1) is 26.3 Å². The summed E-state index contributed by atoms with van der Waals surface area (Å²) in [6.45, 7) is 0. The van der Waals surface area contributed by atoms with Crippen molar-refractivity contribution in [2.45, 2.75) is 0 Å². The molecule has 1 aliphatic rings. The van der Waals surface area contributed by atoms with E-state index in [0.717, 1.165) is 32.6 Å². The van der Waals surface area contributed by atoms with Crippen LogP contribution in [0.2, 0.25) is 0 Å². The van der Waals surface area contributed by atoms with Crippen molar-refractivity contribution in [1.82, 2.24) is 4.57 Å². The number of rotatable bonds is 2. The molecule has 1 aliphatic heterocycles. The molecule has 2 heterocycles. The lowest BCUT2D eigenvalue weighted by molar-refractivity contribution is 0.487. The predicted molar refractivity (Wildman–Crippen MR) is 149 cm³/mol. The Morgan fingerprint density at radius 2 is 1.31 bits per heavy atom. The highest BCUT2D eigenvalue weighted by Crippen LogP contribution is 2.48. The zero-order valence-corrected chi connectivity index (χ0v) is 18.9. The van der Waals surface area contributed by atoms with Crippen LogP contribution in [0.3, 0.4) is 0 Å². The minimum atomic E-state index is -0.476. The van der Waals surface area contributed by atoms with Gasteiger partial charge < -0.3 is 9.30 Å². The van der Waals surface area contributed by atoms with Gasteiger partial charge in [0.2, 0.25) is 0 Å². The summed E-state index contributed by atoms with van der Waals surface area (Å²) in [4.78, 5) is 0. The van der Waals surface area contributed by atoms with Crippen molar-refractivity contribution in [3.63, 3.8) is 0 Å². The molecule has 1 aromatic heterocycles. The van der Waals surface area contributed by atoms with Gasteiger partial charge >= 0.3 is 0 Å². The summed E-state index contributed by atoms with van der Waals surface area (Å²) in [5.41, 5.74) is 2.51. The first-order valence-corrected chi connectivity index (χ1v) is 11.7. The molecule has 0 amide bonds. The molecule has 0 atom stereocenters. The molecule has 0 N–H and O–H groups in total. The number of nitrogens with zero attached hydrogens (tertiary/aromatic N) is 1. The fourth-order valence-electron chi connectivity index (χ4n) is 5.31. The van der Waals surface area contributed by atoms with Crippen LogP contribution in [-0.4, -0.2) is 4.57 Å². The molecule has 168 valence electrons. The Morgan fingerprint density at radius 3 is 2.11 bits per heavy atom. The molecule has 7 aromatic rings. The molecule has 0 spiro atoms. The Kier molecular flexibility index (Phi) is 2.84. The third-order valence-corrected chi connectivity index (χ3v) is 6.85. The van der Waals surface area contributed by atoms with Crippen LogP contribution >= 0.6 is 0 Å². The summed E-state index contributed by atoms with van der Waals surface area (Å²) in [5, 5.41) is 3.48. The molecule has 2 heteroatoms. The second-order valence-electron chi connectivity index (χ2n) is 8.81. The van der Waals surface area contributed by atoms with Gasteiger partial charge in [-0.25, -0.2) is 0 Å². The van der Waals surface area contributed by atoms with E-state index in [1.807, 2.05) is 78.9 Å². The van der Waals surface area contributed by atoms with Crippen molar-refractivity contribution < 1.29 is 14.3 Å². The van der Waals surface area contributed by atoms with Crippen molar-refractivity contribution >= 4 is 32.6 Å². The lowest BCUT2D eigenvalue weighted by Crippen LogP contribution is -1.99. The smallest absolute Gasteiger partial charge is 0.135 e. The van der Waals surface area contributed by atoms with Crippen molar-refractivity contribution in [2.75, 3.05) is 0 Å². The number of para-hydroxylation sites is 3. The summed E-state index contributed by atoms with van der Waals surface area (Å²) in [6, 6.07) is 24.2. The average molecular weight is 467 g/mol. The molecule has 0 saturated carbocycles. The van der Waals surface area contributed by atoms with E-state index in [9.17, 15) is 1.37 Å². The molecular weight excluding hydrogens is 438 g/mol. The monoisotopic (exact) mass is 466 g/mol. The highest BCUT2D eigenvalue weighted by Gasteiger charge is 2.21. The summed E-state index contributed by atoms with van der Waals surface area (Å²) >= 11 is 0. The zero-order valence-electron chi connectivity index (χ0n) is 25.9. The standard InChI is InChI=1S/C34H21NO/c1-4-15-29(35-30-16-5-2-12-25(30)26-13-3-6-17-31(26)35)24(11-1)23-19-20-32-28(21-23)27-14-7-9-22-10-8-18-33(36-32)34(22)27/h1-21H/i1D,4D,11D,15D,19D,20D,21D. The predicted octanol–water partition coefficient (Wildman–Crippen LogP) is 9.38. The molecule has 0 unspecified atom stereocenters. The van der Waals surface area contributed by atoms with E-state index in [1.54, 1.807) is 10.6 Å². The van der Waals surface area contributed by atoms with Gasteiger partial charge in [0, 0.05) is 27.3 Å². The quantitative estimate of drug-likeness (QED) is 0.247. The third-order valence-electron chi connectivity index (χ3n) is 6.85. The number of fused-ring (bicyclic) bond motifs is 5. The van der Waals surface area contributed by atoms with Gasteiger partial charge in [-0.3, -0.25) is 0 Å². The largest absolute Gasteiger partial charge is 0.456 e. The fraction of sp³-hybridized carbons (Fsp3) is 0. The van der Waals surface area contributed by atoms with E-state index in [0.29, 0.717) is 16.9 Å². The molecule has 0 radical (unpaired) electrons. The zero-order chi connectivity index (χ0) is 29.7. The third kappa shape index (κ3) is 2.67. The number of aromatic nitrogens is 1. The van der Waals surface area contributed by atoms with Gasteiger partial charge in [-0.15, -0.1) is 0 Å². The van der Waals surface area contributed by atoms with Crippen molar-refractivity contribution in [1.29, 1.82) is 0 Å². The van der Waals surface area contributed by atoms with Crippen LogP contribution < -0.4 is 4.74 Å². The van der Waals surface area contributed by atoms with Crippen LogP contribution in [0.5, 0.6) is 11.5 Å². The van der Waals surface area contributed by atoms with Crippen molar-refractivity contribution in [3.8, 4) is 39.4 Å². The van der Waals surface area contributed by atoms with Crippen LogP contribution in [0.25, 0.3) is 60.5 Å².